The van der Waals surface area contributed by atoms with Crippen LogP contribution < -0.4 is 10.5 Å². The lowest BCUT2D eigenvalue weighted by molar-refractivity contribution is 0.408. The van der Waals surface area contributed by atoms with E-state index in [9.17, 15) is 0 Å². The molecular weight excluding hydrogens is 252 g/mol. The molecule has 0 fully saturated rings. The summed E-state index contributed by atoms with van der Waals surface area (Å²) in [5, 5.41) is 0. The molecule has 0 amide bonds. The van der Waals surface area contributed by atoms with Crippen molar-refractivity contribution in [2.45, 2.75) is 12.8 Å². The standard InChI is InChI=1S/C16H16N2O2/c1-19-14-8-3-2-5-11(14)9-10-15-18-13-7-4-6-12(17)16(13)20-15/h2-8H,9-10,17H2,1H3. The van der Waals surface area contributed by atoms with Crippen LogP contribution in [0.5, 0.6) is 5.75 Å². The summed E-state index contributed by atoms with van der Waals surface area (Å²) in [6.07, 6.45) is 1.53. The van der Waals surface area contributed by atoms with Gasteiger partial charge in [0.05, 0.1) is 12.8 Å². The summed E-state index contributed by atoms with van der Waals surface area (Å²) < 4.78 is 11.1. The molecule has 2 aromatic carbocycles. The molecule has 0 aliphatic carbocycles. The highest BCUT2D eigenvalue weighted by Gasteiger charge is 2.09. The Morgan fingerprint density at radius 1 is 1.10 bits per heavy atom. The van der Waals surface area contributed by atoms with Crippen LogP contribution in [-0.4, -0.2) is 12.1 Å². The maximum atomic E-state index is 5.87. The summed E-state index contributed by atoms with van der Waals surface area (Å²) in [5.41, 5.74) is 9.11. The Balaban J connectivity index is 1.82. The molecule has 20 heavy (non-hydrogen) atoms. The molecule has 0 saturated heterocycles. The van der Waals surface area contributed by atoms with E-state index in [1.165, 1.54) is 0 Å². The zero-order valence-corrected chi connectivity index (χ0v) is 11.3. The van der Waals surface area contributed by atoms with E-state index in [0.29, 0.717) is 23.6 Å². The molecule has 1 aromatic heterocycles. The first-order valence-electron chi connectivity index (χ1n) is 6.53. The van der Waals surface area contributed by atoms with Crippen LogP contribution in [0, 0.1) is 0 Å². The molecule has 0 aliphatic heterocycles. The van der Waals surface area contributed by atoms with Crippen molar-refractivity contribution < 1.29 is 9.15 Å². The van der Waals surface area contributed by atoms with E-state index < -0.39 is 0 Å². The maximum Gasteiger partial charge on any atom is 0.195 e. The van der Waals surface area contributed by atoms with Gasteiger partial charge in [-0.15, -0.1) is 0 Å². The number of benzene rings is 2. The fourth-order valence-corrected chi connectivity index (χ4v) is 2.27. The van der Waals surface area contributed by atoms with Crippen molar-refractivity contribution in [3.63, 3.8) is 0 Å². The van der Waals surface area contributed by atoms with E-state index >= 15 is 0 Å². The molecule has 0 saturated carbocycles. The monoisotopic (exact) mass is 268 g/mol. The second-order valence-electron chi connectivity index (χ2n) is 4.61. The summed E-state index contributed by atoms with van der Waals surface area (Å²) in [7, 11) is 1.68. The highest BCUT2D eigenvalue weighted by atomic mass is 16.5. The number of nitrogens with two attached hydrogens (primary N) is 1. The Morgan fingerprint density at radius 3 is 2.75 bits per heavy atom. The molecule has 4 heteroatoms. The summed E-state index contributed by atoms with van der Waals surface area (Å²) in [6, 6.07) is 13.6. The van der Waals surface area contributed by atoms with Crippen LogP contribution in [0.15, 0.2) is 46.9 Å². The van der Waals surface area contributed by atoms with Crippen molar-refractivity contribution in [1.29, 1.82) is 0 Å². The van der Waals surface area contributed by atoms with E-state index in [-0.39, 0.29) is 0 Å². The number of nitrogens with zero attached hydrogens (tertiary/aromatic N) is 1. The highest BCUT2D eigenvalue weighted by Crippen LogP contribution is 2.24. The minimum absolute atomic E-state index is 0.624. The van der Waals surface area contributed by atoms with Gasteiger partial charge in [-0.3, -0.25) is 0 Å². The lowest BCUT2D eigenvalue weighted by atomic mass is 10.1. The Labute approximate surface area is 117 Å². The fourth-order valence-electron chi connectivity index (χ4n) is 2.27. The minimum Gasteiger partial charge on any atom is -0.496 e. The third-order valence-electron chi connectivity index (χ3n) is 3.29. The number of fused-ring (bicyclic) bond motifs is 1. The van der Waals surface area contributed by atoms with Crippen molar-refractivity contribution >= 4 is 16.8 Å². The first-order chi connectivity index (χ1) is 9.78. The van der Waals surface area contributed by atoms with E-state index in [2.05, 4.69) is 11.1 Å². The zero-order chi connectivity index (χ0) is 13.9. The van der Waals surface area contributed by atoms with Crippen LogP contribution in [0.3, 0.4) is 0 Å². The van der Waals surface area contributed by atoms with Gasteiger partial charge in [-0.05, 0) is 30.2 Å². The number of aryl methyl sites for hydroxylation is 2. The second-order valence-corrected chi connectivity index (χ2v) is 4.61. The van der Waals surface area contributed by atoms with Crippen molar-refractivity contribution in [3.05, 3.63) is 53.9 Å². The van der Waals surface area contributed by atoms with E-state index in [1.807, 2.05) is 36.4 Å². The normalized spacial score (nSPS) is 10.8. The van der Waals surface area contributed by atoms with Gasteiger partial charge in [-0.1, -0.05) is 24.3 Å². The van der Waals surface area contributed by atoms with Gasteiger partial charge in [0.15, 0.2) is 11.5 Å². The van der Waals surface area contributed by atoms with Crippen LogP contribution in [0.1, 0.15) is 11.5 Å². The minimum atomic E-state index is 0.624. The lowest BCUT2D eigenvalue weighted by Crippen LogP contribution is -1.95. The Hall–Kier alpha value is -2.49. The molecule has 0 radical (unpaired) electrons. The highest BCUT2D eigenvalue weighted by molar-refractivity contribution is 5.84. The van der Waals surface area contributed by atoms with Gasteiger partial charge in [0, 0.05) is 6.42 Å². The predicted octanol–water partition coefficient (Wildman–Crippen LogP) is 3.20. The van der Waals surface area contributed by atoms with Crippen LogP contribution in [-0.2, 0) is 12.8 Å². The van der Waals surface area contributed by atoms with Gasteiger partial charge in [-0.2, -0.15) is 0 Å². The predicted molar refractivity (Wildman–Crippen MR) is 78.8 cm³/mol. The average molecular weight is 268 g/mol. The molecule has 0 unspecified atom stereocenters. The molecular formula is C16H16N2O2. The van der Waals surface area contributed by atoms with Crippen molar-refractivity contribution in [1.82, 2.24) is 4.98 Å². The van der Waals surface area contributed by atoms with Crippen LogP contribution in [0.2, 0.25) is 0 Å². The number of hydrogen-bond acceptors (Lipinski definition) is 4. The Bertz CT molecular complexity index is 734. The van der Waals surface area contributed by atoms with Gasteiger partial charge in [0.2, 0.25) is 0 Å². The van der Waals surface area contributed by atoms with Crippen LogP contribution in [0.4, 0.5) is 5.69 Å². The summed E-state index contributed by atoms with van der Waals surface area (Å²) in [5.74, 6) is 1.59. The lowest BCUT2D eigenvalue weighted by Gasteiger charge is -2.06. The number of aromatic nitrogens is 1. The molecule has 0 spiro atoms. The third-order valence-corrected chi connectivity index (χ3v) is 3.29. The molecule has 3 aromatic rings. The second kappa shape index (κ2) is 5.25. The number of nitrogen functional groups attached to an aromatic ring is 1. The number of rotatable bonds is 4. The molecule has 102 valence electrons. The van der Waals surface area contributed by atoms with Crippen molar-refractivity contribution in [2.24, 2.45) is 0 Å². The number of ether oxygens (including phenoxy) is 1. The van der Waals surface area contributed by atoms with Crippen molar-refractivity contribution in [2.75, 3.05) is 12.8 Å². The van der Waals surface area contributed by atoms with E-state index in [1.54, 1.807) is 7.11 Å². The van der Waals surface area contributed by atoms with Crippen LogP contribution >= 0.6 is 0 Å². The van der Waals surface area contributed by atoms with E-state index in [0.717, 1.165) is 23.3 Å². The molecule has 0 aliphatic rings. The SMILES string of the molecule is COc1ccccc1CCc1nc2cccc(N)c2o1. The smallest absolute Gasteiger partial charge is 0.195 e. The molecule has 0 bridgehead atoms. The quantitative estimate of drug-likeness (QED) is 0.738. The number of para-hydroxylation sites is 2. The summed E-state index contributed by atoms with van der Waals surface area (Å²) in [6.45, 7) is 0. The van der Waals surface area contributed by atoms with Crippen LogP contribution in [0.25, 0.3) is 11.1 Å². The molecule has 3 rings (SSSR count). The van der Waals surface area contributed by atoms with Gasteiger partial charge in [-0.25, -0.2) is 4.98 Å². The Morgan fingerprint density at radius 2 is 1.95 bits per heavy atom. The fraction of sp³-hybridized carbons (Fsp3) is 0.188. The van der Waals surface area contributed by atoms with Gasteiger partial charge in [0.1, 0.15) is 11.3 Å². The molecule has 1 heterocycles. The average Bonchev–Trinajstić information content (AvgIpc) is 2.90. The number of oxazole rings is 1. The number of anilines is 1. The van der Waals surface area contributed by atoms with Gasteiger partial charge in [0.25, 0.3) is 0 Å². The van der Waals surface area contributed by atoms with Gasteiger partial charge < -0.3 is 14.9 Å². The van der Waals surface area contributed by atoms with Crippen molar-refractivity contribution in [3.8, 4) is 5.75 Å². The number of hydrogen-bond donors (Lipinski definition) is 1. The summed E-state index contributed by atoms with van der Waals surface area (Å²) in [4.78, 5) is 4.46. The van der Waals surface area contributed by atoms with E-state index in [4.69, 9.17) is 14.9 Å². The molecule has 4 nitrogen and oxygen atoms in total. The summed E-state index contributed by atoms with van der Waals surface area (Å²) >= 11 is 0. The molecule has 2 N–H and O–H groups in total. The maximum absolute atomic E-state index is 5.87. The largest absolute Gasteiger partial charge is 0.496 e. The zero-order valence-electron chi connectivity index (χ0n) is 11.3. The molecule has 0 atom stereocenters. The first-order valence-corrected chi connectivity index (χ1v) is 6.53. The first kappa shape index (κ1) is 12.5. The number of methoxy groups -OCH3 is 1. The topological polar surface area (TPSA) is 61.3 Å². The Kier molecular flexibility index (Phi) is 3.29. The van der Waals surface area contributed by atoms with Gasteiger partial charge >= 0.3 is 0 Å². The third kappa shape index (κ3) is 2.32.